The summed E-state index contributed by atoms with van der Waals surface area (Å²) in [6, 6.07) is 18.9. The molecule has 3 aromatic carbocycles. The molecule has 0 spiro atoms. The number of hydrogen-bond acceptors (Lipinski definition) is 7. The van der Waals surface area contributed by atoms with Gasteiger partial charge in [0.15, 0.2) is 11.5 Å². The third-order valence-electron chi connectivity index (χ3n) is 5.46. The zero-order valence-electron chi connectivity index (χ0n) is 20.9. The second-order valence-electron chi connectivity index (χ2n) is 8.09. The highest BCUT2D eigenvalue weighted by atomic mass is 35.5. The summed E-state index contributed by atoms with van der Waals surface area (Å²) in [5.74, 6) is -0.688. The summed E-state index contributed by atoms with van der Waals surface area (Å²) < 4.78 is 16.5. The lowest BCUT2D eigenvalue weighted by Crippen LogP contribution is -2.14. The summed E-state index contributed by atoms with van der Waals surface area (Å²) >= 11 is 13.1. The van der Waals surface area contributed by atoms with Gasteiger partial charge in [0.05, 0.1) is 28.7 Å². The number of rotatable bonds is 8. The van der Waals surface area contributed by atoms with Crippen molar-refractivity contribution in [3.05, 3.63) is 110 Å². The predicted octanol–water partition coefficient (Wildman–Crippen LogP) is 7.28. The first-order valence-corrected chi connectivity index (χ1v) is 13.3. The highest BCUT2D eigenvalue weighted by Gasteiger charge is 2.34. The minimum absolute atomic E-state index is 0.0552. The molecule has 0 saturated heterocycles. The molecule has 39 heavy (non-hydrogen) atoms. The predicted molar refractivity (Wildman–Crippen MR) is 154 cm³/mol. The maximum Gasteiger partial charge on any atom is 0.344 e. The number of amides is 1. The van der Waals surface area contributed by atoms with Gasteiger partial charge in [-0.3, -0.25) is 4.79 Å². The number of nitrogens with zero attached hydrogens (tertiary/aromatic N) is 1. The van der Waals surface area contributed by atoms with Crippen LogP contribution in [0.15, 0.2) is 88.0 Å². The molecule has 1 amide bonds. The number of carbonyl (C=O) groups is 2. The summed E-state index contributed by atoms with van der Waals surface area (Å²) in [6.45, 7) is 1.99. The van der Waals surface area contributed by atoms with Crippen molar-refractivity contribution in [2.24, 2.45) is 4.99 Å². The van der Waals surface area contributed by atoms with E-state index in [1.807, 2.05) is 6.07 Å². The van der Waals surface area contributed by atoms with Crippen molar-refractivity contribution in [1.82, 2.24) is 0 Å². The standard InChI is InChI=1S/C29H23Cl2NO6S/c1-3-37-29(35)25-26(33)24(39-28(25)32-27(34)19-7-5-4-6-8-19)15-17-10-12-22(23(14-17)36-2)38-16-18-9-11-20(30)21(31)13-18/h4-15,33H,3,16H2,1-2H3/b24-15-,32-28?. The molecule has 0 unspecified atom stereocenters. The summed E-state index contributed by atoms with van der Waals surface area (Å²) in [6.07, 6.45) is 1.65. The van der Waals surface area contributed by atoms with Crippen LogP contribution < -0.4 is 9.47 Å². The van der Waals surface area contributed by atoms with Gasteiger partial charge in [-0.15, -0.1) is 0 Å². The number of thioether (sulfide) groups is 1. The number of esters is 1. The molecule has 1 aliphatic heterocycles. The van der Waals surface area contributed by atoms with Crippen molar-refractivity contribution < 1.29 is 28.9 Å². The summed E-state index contributed by atoms with van der Waals surface area (Å²) in [5, 5.41) is 11.9. The average molecular weight is 584 g/mol. The molecule has 7 nitrogen and oxygen atoms in total. The molecule has 4 rings (SSSR count). The molecule has 200 valence electrons. The molecular formula is C29H23Cl2NO6S. The Balaban J connectivity index is 1.60. The number of benzene rings is 3. The molecule has 10 heteroatoms. The molecule has 3 aromatic rings. The van der Waals surface area contributed by atoms with Gasteiger partial charge >= 0.3 is 5.97 Å². The van der Waals surface area contributed by atoms with E-state index in [4.69, 9.17) is 37.4 Å². The van der Waals surface area contributed by atoms with E-state index in [-0.39, 0.29) is 29.6 Å². The number of aliphatic hydroxyl groups excluding tert-OH is 1. The van der Waals surface area contributed by atoms with Crippen molar-refractivity contribution in [3.8, 4) is 11.5 Å². The second-order valence-corrected chi connectivity index (χ2v) is 9.94. The van der Waals surface area contributed by atoms with Crippen LogP contribution in [0.5, 0.6) is 11.5 Å². The molecule has 0 radical (unpaired) electrons. The van der Waals surface area contributed by atoms with Crippen LogP contribution in [-0.2, 0) is 16.1 Å². The smallest absolute Gasteiger partial charge is 0.344 e. The van der Waals surface area contributed by atoms with Crippen molar-refractivity contribution >= 4 is 58.0 Å². The largest absolute Gasteiger partial charge is 0.506 e. The number of methoxy groups -OCH3 is 1. The Morgan fingerprint density at radius 1 is 1.00 bits per heavy atom. The van der Waals surface area contributed by atoms with Crippen LogP contribution in [0.2, 0.25) is 10.0 Å². The SMILES string of the molecule is CCOC(=O)C1=C(O)/C(=C/c2ccc(OCc3ccc(Cl)c(Cl)c3)c(OC)c2)SC1=NC(=O)c1ccccc1. The molecule has 0 fully saturated rings. The molecule has 1 heterocycles. The number of halogens is 2. The molecule has 0 atom stereocenters. The lowest BCUT2D eigenvalue weighted by molar-refractivity contribution is -0.138. The fraction of sp³-hybridized carbons (Fsp3) is 0.138. The van der Waals surface area contributed by atoms with Crippen LogP contribution in [0.4, 0.5) is 0 Å². The average Bonchev–Trinajstić information content (AvgIpc) is 3.24. The van der Waals surface area contributed by atoms with Crippen LogP contribution in [0.3, 0.4) is 0 Å². The zero-order valence-corrected chi connectivity index (χ0v) is 23.3. The normalized spacial score (nSPS) is 15.1. The van der Waals surface area contributed by atoms with E-state index < -0.39 is 11.9 Å². The molecule has 0 aromatic heterocycles. The van der Waals surface area contributed by atoms with Crippen LogP contribution in [0.1, 0.15) is 28.4 Å². The van der Waals surface area contributed by atoms with Gasteiger partial charge in [-0.2, -0.15) is 0 Å². The first kappa shape index (κ1) is 28.3. The third kappa shape index (κ3) is 6.84. The molecule has 1 aliphatic rings. The van der Waals surface area contributed by atoms with Crippen LogP contribution >= 0.6 is 35.0 Å². The summed E-state index contributed by atoms with van der Waals surface area (Å²) in [7, 11) is 1.51. The Morgan fingerprint density at radius 2 is 1.77 bits per heavy atom. The second kappa shape index (κ2) is 12.9. The Morgan fingerprint density at radius 3 is 2.46 bits per heavy atom. The number of hydrogen-bond donors (Lipinski definition) is 1. The third-order valence-corrected chi connectivity index (χ3v) is 7.22. The first-order chi connectivity index (χ1) is 18.8. The van der Waals surface area contributed by atoms with E-state index in [1.54, 1.807) is 73.7 Å². The Hall–Kier alpha value is -3.72. The highest BCUT2D eigenvalue weighted by molar-refractivity contribution is 8.18. The van der Waals surface area contributed by atoms with Gasteiger partial charge in [0.1, 0.15) is 23.0 Å². The van der Waals surface area contributed by atoms with Crippen LogP contribution in [0, 0.1) is 0 Å². The van der Waals surface area contributed by atoms with Crippen LogP contribution in [-0.4, -0.2) is 35.7 Å². The van der Waals surface area contributed by atoms with Gasteiger partial charge in [-0.25, -0.2) is 9.79 Å². The van der Waals surface area contributed by atoms with Crippen molar-refractivity contribution in [3.63, 3.8) is 0 Å². The lowest BCUT2D eigenvalue weighted by atomic mass is 10.1. The van der Waals surface area contributed by atoms with E-state index in [2.05, 4.69) is 4.99 Å². The Kier molecular flexibility index (Phi) is 9.35. The minimum Gasteiger partial charge on any atom is -0.506 e. The van der Waals surface area contributed by atoms with Crippen molar-refractivity contribution in [2.45, 2.75) is 13.5 Å². The molecule has 0 bridgehead atoms. The van der Waals surface area contributed by atoms with E-state index in [0.717, 1.165) is 17.3 Å². The fourth-order valence-electron chi connectivity index (χ4n) is 3.56. The Bertz CT molecular complexity index is 1500. The summed E-state index contributed by atoms with van der Waals surface area (Å²) in [4.78, 5) is 29.8. The van der Waals surface area contributed by atoms with Crippen molar-refractivity contribution in [1.29, 1.82) is 0 Å². The monoisotopic (exact) mass is 583 g/mol. The number of carbonyl (C=O) groups excluding carboxylic acids is 2. The lowest BCUT2D eigenvalue weighted by Gasteiger charge is -2.12. The highest BCUT2D eigenvalue weighted by Crippen LogP contribution is 2.40. The van der Waals surface area contributed by atoms with Gasteiger partial charge in [-0.05, 0) is 60.5 Å². The zero-order chi connectivity index (χ0) is 27.9. The van der Waals surface area contributed by atoms with E-state index >= 15 is 0 Å². The number of aliphatic hydroxyl groups is 1. The molecule has 0 saturated carbocycles. The van der Waals surface area contributed by atoms with Crippen molar-refractivity contribution in [2.75, 3.05) is 13.7 Å². The maximum atomic E-state index is 12.7. The topological polar surface area (TPSA) is 94.4 Å². The fourth-order valence-corrected chi connectivity index (χ4v) is 4.90. The van der Waals surface area contributed by atoms with E-state index in [9.17, 15) is 14.7 Å². The minimum atomic E-state index is -0.769. The molecule has 0 aliphatic carbocycles. The summed E-state index contributed by atoms with van der Waals surface area (Å²) in [5.41, 5.74) is 1.68. The number of aliphatic imine (C=N–C) groups is 1. The van der Waals surface area contributed by atoms with Crippen LogP contribution in [0.25, 0.3) is 6.08 Å². The van der Waals surface area contributed by atoms with E-state index in [0.29, 0.717) is 37.6 Å². The first-order valence-electron chi connectivity index (χ1n) is 11.7. The van der Waals surface area contributed by atoms with Gasteiger partial charge < -0.3 is 19.3 Å². The Labute approximate surface area is 239 Å². The van der Waals surface area contributed by atoms with Gasteiger partial charge in [-0.1, -0.05) is 65.3 Å². The van der Waals surface area contributed by atoms with Gasteiger partial charge in [0.25, 0.3) is 5.91 Å². The van der Waals surface area contributed by atoms with Gasteiger partial charge in [0, 0.05) is 5.56 Å². The molecular weight excluding hydrogens is 561 g/mol. The number of ether oxygens (including phenoxy) is 3. The van der Waals surface area contributed by atoms with E-state index in [1.165, 1.54) is 7.11 Å². The maximum absolute atomic E-state index is 12.7. The quantitative estimate of drug-likeness (QED) is 0.278. The van der Waals surface area contributed by atoms with Gasteiger partial charge in [0.2, 0.25) is 0 Å². The molecule has 1 N–H and O–H groups in total.